The van der Waals surface area contributed by atoms with Crippen molar-refractivity contribution in [3.8, 4) is 0 Å². The summed E-state index contributed by atoms with van der Waals surface area (Å²) in [5, 5.41) is 12.2. The normalized spacial score (nSPS) is 17.8. The van der Waals surface area contributed by atoms with Gasteiger partial charge in [0.05, 0.1) is 5.56 Å². The van der Waals surface area contributed by atoms with Crippen LogP contribution in [0.4, 0.5) is 17.3 Å². The van der Waals surface area contributed by atoms with Crippen molar-refractivity contribution in [3.63, 3.8) is 0 Å². The van der Waals surface area contributed by atoms with Gasteiger partial charge in [-0.1, -0.05) is 13.0 Å². The van der Waals surface area contributed by atoms with Crippen molar-refractivity contribution in [2.24, 2.45) is 5.92 Å². The average Bonchev–Trinajstić information content (AvgIpc) is 2.55. The first kappa shape index (κ1) is 15.3. The number of rotatable bonds is 4. The number of aromatic nitrogens is 2. The summed E-state index contributed by atoms with van der Waals surface area (Å²) in [5.41, 5.74) is 0.940. The standard InChI is InChI=1S/C17H20N4O2/c1-12-4-3-7-21(10-12)16-9-15(18-11-19-16)20-14-6-2-5-13(8-14)17(22)23/h2,5-6,8-9,11-12H,3-4,7,10H2,1H3,(H,22,23)(H,18,19,20). The fraction of sp³-hybridized carbons (Fsp3) is 0.353. The van der Waals surface area contributed by atoms with Gasteiger partial charge in [0.1, 0.15) is 18.0 Å². The zero-order chi connectivity index (χ0) is 16.2. The molecule has 3 rings (SSSR count). The van der Waals surface area contributed by atoms with E-state index in [4.69, 9.17) is 5.11 Å². The van der Waals surface area contributed by atoms with E-state index in [0.29, 0.717) is 17.4 Å². The summed E-state index contributed by atoms with van der Waals surface area (Å²) in [6.45, 7) is 4.27. The van der Waals surface area contributed by atoms with E-state index in [2.05, 4.69) is 27.1 Å². The first-order valence-corrected chi connectivity index (χ1v) is 7.79. The van der Waals surface area contributed by atoms with Crippen LogP contribution < -0.4 is 10.2 Å². The van der Waals surface area contributed by atoms with E-state index in [9.17, 15) is 4.79 Å². The minimum atomic E-state index is -0.945. The molecule has 1 aromatic carbocycles. The van der Waals surface area contributed by atoms with E-state index in [1.54, 1.807) is 18.2 Å². The number of nitrogens with zero attached hydrogens (tertiary/aromatic N) is 3. The minimum absolute atomic E-state index is 0.245. The van der Waals surface area contributed by atoms with Crippen molar-refractivity contribution in [1.82, 2.24) is 9.97 Å². The summed E-state index contributed by atoms with van der Waals surface area (Å²) in [4.78, 5) is 21.9. The highest BCUT2D eigenvalue weighted by Gasteiger charge is 2.18. The Bertz CT molecular complexity index is 704. The highest BCUT2D eigenvalue weighted by molar-refractivity contribution is 5.89. The quantitative estimate of drug-likeness (QED) is 0.903. The topological polar surface area (TPSA) is 78.4 Å². The summed E-state index contributed by atoms with van der Waals surface area (Å²) in [5.74, 6) is 1.29. The first-order valence-electron chi connectivity index (χ1n) is 7.79. The van der Waals surface area contributed by atoms with Gasteiger partial charge in [0.15, 0.2) is 0 Å². The molecule has 2 heterocycles. The van der Waals surface area contributed by atoms with Crippen LogP contribution in [0.15, 0.2) is 36.7 Å². The predicted molar refractivity (Wildman–Crippen MR) is 89.3 cm³/mol. The number of carboxylic acids is 1. The van der Waals surface area contributed by atoms with Crippen molar-refractivity contribution in [3.05, 3.63) is 42.2 Å². The summed E-state index contributed by atoms with van der Waals surface area (Å²) >= 11 is 0. The number of piperidine rings is 1. The number of carbonyl (C=O) groups is 1. The van der Waals surface area contributed by atoms with E-state index < -0.39 is 5.97 Å². The third-order valence-corrected chi connectivity index (χ3v) is 4.02. The molecule has 1 aliphatic rings. The Morgan fingerprint density at radius 2 is 2.22 bits per heavy atom. The van der Waals surface area contributed by atoms with Crippen molar-refractivity contribution >= 4 is 23.3 Å². The zero-order valence-electron chi connectivity index (χ0n) is 13.1. The SMILES string of the molecule is CC1CCCN(c2cc(Nc3cccc(C(=O)O)c3)ncn2)C1. The molecule has 0 saturated carbocycles. The molecule has 1 saturated heterocycles. The van der Waals surface area contributed by atoms with Crippen LogP contribution in [0.3, 0.4) is 0 Å². The molecule has 0 bridgehead atoms. The third kappa shape index (κ3) is 3.77. The lowest BCUT2D eigenvalue weighted by Crippen LogP contribution is -2.34. The monoisotopic (exact) mass is 312 g/mol. The molecule has 0 spiro atoms. The molecule has 2 aromatic rings. The second-order valence-electron chi connectivity index (χ2n) is 5.97. The van der Waals surface area contributed by atoms with Crippen molar-refractivity contribution in [2.45, 2.75) is 19.8 Å². The number of aromatic carboxylic acids is 1. The van der Waals surface area contributed by atoms with Gasteiger partial charge in [-0.25, -0.2) is 14.8 Å². The molecule has 1 unspecified atom stereocenters. The number of benzene rings is 1. The van der Waals surface area contributed by atoms with Crippen molar-refractivity contribution < 1.29 is 9.90 Å². The molecular weight excluding hydrogens is 292 g/mol. The van der Waals surface area contributed by atoms with Gasteiger partial charge in [-0.3, -0.25) is 0 Å². The minimum Gasteiger partial charge on any atom is -0.478 e. The highest BCUT2D eigenvalue weighted by Crippen LogP contribution is 2.23. The zero-order valence-corrected chi connectivity index (χ0v) is 13.1. The Morgan fingerprint density at radius 1 is 1.35 bits per heavy atom. The number of nitrogens with one attached hydrogen (secondary N) is 1. The number of hydrogen-bond donors (Lipinski definition) is 2. The maximum Gasteiger partial charge on any atom is 0.335 e. The summed E-state index contributed by atoms with van der Waals surface area (Å²) in [6, 6.07) is 8.59. The predicted octanol–water partition coefficient (Wildman–Crippen LogP) is 3.15. The number of hydrogen-bond acceptors (Lipinski definition) is 5. The largest absolute Gasteiger partial charge is 0.478 e. The van der Waals surface area contributed by atoms with Gasteiger partial charge in [-0.2, -0.15) is 0 Å². The maximum atomic E-state index is 11.0. The molecule has 1 atom stereocenters. The molecule has 1 aromatic heterocycles. The van der Waals surface area contributed by atoms with Crippen LogP contribution in [-0.4, -0.2) is 34.1 Å². The smallest absolute Gasteiger partial charge is 0.335 e. The fourth-order valence-electron chi connectivity index (χ4n) is 2.86. The Hall–Kier alpha value is -2.63. The van der Waals surface area contributed by atoms with Crippen LogP contribution in [0.1, 0.15) is 30.1 Å². The molecule has 1 fully saturated rings. The molecule has 6 heteroatoms. The van der Waals surface area contributed by atoms with Gasteiger partial charge in [0, 0.05) is 24.8 Å². The molecule has 6 nitrogen and oxygen atoms in total. The maximum absolute atomic E-state index is 11.0. The van der Waals surface area contributed by atoms with Crippen LogP contribution in [-0.2, 0) is 0 Å². The van der Waals surface area contributed by atoms with Gasteiger partial charge < -0.3 is 15.3 Å². The molecule has 23 heavy (non-hydrogen) atoms. The molecule has 0 amide bonds. The lowest BCUT2D eigenvalue weighted by molar-refractivity contribution is 0.0697. The van der Waals surface area contributed by atoms with Crippen LogP contribution in [0.25, 0.3) is 0 Å². The lowest BCUT2D eigenvalue weighted by atomic mass is 10.0. The molecule has 0 radical (unpaired) electrons. The Morgan fingerprint density at radius 3 is 3.00 bits per heavy atom. The van der Waals surface area contributed by atoms with Gasteiger partial charge in [-0.05, 0) is 37.0 Å². The van der Waals surface area contributed by atoms with Crippen LogP contribution >= 0.6 is 0 Å². The van der Waals surface area contributed by atoms with Crippen LogP contribution in [0.2, 0.25) is 0 Å². The van der Waals surface area contributed by atoms with Gasteiger partial charge >= 0.3 is 5.97 Å². The molecule has 1 aliphatic heterocycles. The summed E-state index contributed by atoms with van der Waals surface area (Å²) < 4.78 is 0. The number of carboxylic acid groups (broad SMARTS) is 1. The molecule has 0 aliphatic carbocycles. The molecule has 2 N–H and O–H groups in total. The van der Waals surface area contributed by atoms with Gasteiger partial charge in [0.25, 0.3) is 0 Å². The van der Waals surface area contributed by atoms with Gasteiger partial charge in [-0.15, -0.1) is 0 Å². The third-order valence-electron chi connectivity index (χ3n) is 4.02. The Labute approximate surface area is 135 Å². The molecular formula is C17H20N4O2. The first-order chi connectivity index (χ1) is 11.1. The van der Waals surface area contributed by atoms with Crippen molar-refractivity contribution in [1.29, 1.82) is 0 Å². The van der Waals surface area contributed by atoms with E-state index in [1.165, 1.54) is 19.2 Å². The van der Waals surface area contributed by atoms with E-state index >= 15 is 0 Å². The van der Waals surface area contributed by atoms with Crippen LogP contribution in [0, 0.1) is 5.92 Å². The Kier molecular flexibility index (Phi) is 4.41. The second-order valence-corrected chi connectivity index (χ2v) is 5.97. The molecule has 120 valence electrons. The van der Waals surface area contributed by atoms with Crippen LogP contribution in [0.5, 0.6) is 0 Å². The summed E-state index contributed by atoms with van der Waals surface area (Å²) in [7, 11) is 0. The number of anilines is 3. The van der Waals surface area contributed by atoms with E-state index in [0.717, 1.165) is 18.9 Å². The average molecular weight is 312 g/mol. The van der Waals surface area contributed by atoms with Gasteiger partial charge in [0.2, 0.25) is 0 Å². The van der Waals surface area contributed by atoms with Crippen molar-refractivity contribution in [2.75, 3.05) is 23.3 Å². The Balaban J connectivity index is 1.77. The van der Waals surface area contributed by atoms with E-state index in [1.807, 2.05) is 12.1 Å². The lowest BCUT2D eigenvalue weighted by Gasteiger charge is -2.31. The summed E-state index contributed by atoms with van der Waals surface area (Å²) in [6.07, 6.45) is 3.97. The second kappa shape index (κ2) is 6.64. The highest BCUT2D eigenvalue weighted by atomic mass is 16.4. The fourth-order valence-corrected chi connectivity index (χ4v) is 2.86. The van der Waals surface area contributed by atoms with E-state index in [-0.39, 0.29) is 5.56 Å².